The van der Waals surface area contributed by atoms with Gasteiger partial charge in [-0.1, -0.05) is 50.2 Å². The lowest BCUT2D eigenvalue weighted by molar-refractivity contribution is 0.0735. The number of hydrogen-bond acceptors (Lipinski definition) is 3. The predicted octanol–water partition coefficient (Wildman–Crippen LogP) is 3.63. The highest BCUT2D eigenvalue weighted by Gasteiger charge is 2.23. The van der Waals surface area contributed by atoms with E-state index >= 15 is 0 Å². The van der Waals surface area contributed by atoms with Crippen LogP contribution in [0, 0.1) is 12.3 Å². The first-order valence-corrected chi connectivity index (χ1v) is 8.56. The minimum absolute atomic E-state index is 0.0538. The van der Waals surface area contributed by atoms with Crippen molar-refractivity contribution in [3.8, 4) is 5.75 Å². The molecule has 2 rings (SSSR count). The Balaban J connectivity index is 2.14. The maximum absolute atomic E-state index is 12.8. The van der Waals surface area contributed by atoms with Crippen molar-refractivity contribution in [3.63, 3.8) is 0 Å². The molecule has 0 spiro atoms. The monoisotopic (exact) mass is 340 g/mol. The van der Waals surface area contributed by atoms with Crippen LogP contribution in [0.5, 0.6) is 5.75 Å². The third-order valence-corrected chi connectivity index (χ3v) is 4.33. The van der Waals surface area contributed by atoms with Crippen molar-refractivity contribution in [1.82, 2.24) is 4.90 Å². The van der Waals surface area contributed by atoms with Gasteiger partial charge in [-0.25, -0.2) is 0 Å². The van der Waals surface area contributed by atoms with Crippen LogP contribution in [0.1, 0.15) is 35.3 Å². The Bertz CT molecular complexity index is 725. The zero-order valence-corrected chi connectivity index (χ0v) is 15.6. The molecule has 0 atom stereocenters. The van der Waals surface area contributed by atoms with E-state index in [-0.39, 0.29) is 11.3 Å². The van der Waals surface area contributed by atoms with Gasteiger partial charge < -0.3 is 15.4 Å². The molecule has 2 N–H and O–H groups in total. The first-order chi connectivity index (χ1) is 11.8. The Hall–Kier alpha value is -2.33. The zero-order chi connectivity index (χ0) is 18.4. The second-order valence-corrected chi connectivity index (χ2v) is 7.24. The van der Waals surface area contributed by atoms with Gasteiger partial charge in [0.25, 0.3) is 5.91 Å². The molecule has 0 radical (unpaired) electrons. The third kappa shape index (κ3) is 5.07. The van der Waals surface area contributed by atoms with Crippen molar-refractivity contribution in [3.05, 3.63) is 65.2 Å². The molecule has 25 heavy (non-hydrogen) atoms. The molecule has 134 valence electrons. The normalized spacial score (nSPS) is 11.2. The lowest BCUT2D eigenvalue weighted by Gasteiger charge is -2.29. The highest BCUT2D eigenvalue weighted by atomic mass is 16.5. The number of benzene rings is 2. The molecular weight excluding hydrogens is 312 g/mol. The van der Waals surface area contributed by atoms with Gasteiger partial charge in [0.15, 0.2) is 0 Å². The van der Waals surface area contributed by atoms with E-state index < -0.39 is 0 Å². The van der Waals surface area contributed by atoms with E-state index in [1.54, 1.807) is 11.9 Å². The summed E-state index contributed by atoms with van der Waals surface area (Å²) in [5, 5.41) is 0. The summed E-state index contributed by atoms with van der Waals surface area (Å²) in [6.45, 7) is 7.71. The minimum atomic E-state index is -0.124. The highest BCUT2D eigenvalue weighted by molar-refractivity contribution is 5.96. The van der Waals surface area contributed by atoms with Crippen LogP contribution in [0.3, 0.4) is 0 Å². The Kier molecular flexibility index (Phi) is 6.21. The second-order valence-electron chi connectivity index (χ2n) is 7.24. The number of amides is 1. The molecule has 0 unspecified atom stereocenters. The molecule has 0 aliphatic heterocycles. The van der Waals surface area contributed by atoms with E-state index in [1.807, 2.05) is 42.5 Å². The van der Waals surface area contributed by atoms with Crippen molar-refractivity contribution in [2.24, 2.45) is 11.1 Å². The largest absolute Gasteiger partial charge is 0.488 e. The maximum atomic E-state index is 12.8. The van der Waals surface area contributed by atoms with Gasteiger partial charge in [0.2, 0.25) is 0 Å². The van der Waals surface area contributed by atoms with Gasteiger partial charge in [0.1, 0.15) is 12.4 Å². The van der Waals surface area contributed by atoms with E-state index in [4.69, 9.17) is 10.5 Å². The number of aryl methyl sites for hydroxylation is 1. The van der Waals surface area contributed by atoms with Gasteiger partial charge in [-0.3, -0.25) is 4.79 Å². The van der Waals surface area contributed by atoms with Crippen molar-refractivity contribution in [1.29, 1.82) is 0 Å². The summed E-state index contributed by atoms with van der Waals surface area (Å²) in [7, 11) is 1.80. The highest BCUT2D eigenvalue weighted by Crippen LogP contribution is 2.23. The van der Waals surface area contributed by atoms with Gasteiger partial charge in [0.05, 0.1) is 5.56 Å². The van der Waals surface area contributed by atoms with Crippen LogP contribution in [0.2, 0.25) is 0 Å². The zero-order valence-electron chi connectivity index (χ0n) is 15.6. The van der Waals surface area contributed by atoms with E-state index in [0.717, 1.165) is 5.56 Å². The van der Waals surface area contributed by atoms with Crippen molar-refractivity contribution in [2.75, 3.05) is 20.1 Å². The molecule has 0 aliphatic rings. The van der Waals surface area contributed by atoms with E-state index in [0.29, 0.717) is 31.0 Å². The lowest BCUT2D eigenvalue weighted by Crippen LogP contribution is -2.39. The fourth-order valence-electron chi connectivity index (χ4n) is 2.68. The quantitative estimate of drug-likeness (QED) is 0.837. The standard InChI is InChI=1S/C21H28N2O2/c1-16-9-5-6-10-17(16)13-25-19-12-8-7-11-18(19)20(24)23(4)15-21(2,3)14-22/h5-12H,13-15,22H2,1-4H3. The van der Waals surface area contributed by atoms with Gasteiger partial charge in [-0.2, -0.15) is 0 Å². The van der Waals surface area contributed by atoms with Crippen LogP contribution in [-0.4, -0.2) is 30.9 Å². The van der Waals surface area contributed by atoms with Gasteiger partial charge in [0, 0.05) is 13.6 Å². The van der Waals surface area contributed by atoms with Crippen LogP contribution in [0.25, 0.3) is 0 Å². The molecule has 2 aromatic rings. The molecule has 0 fully saturated rings. The Morgan fingerprint density at radius 1 is 1.12 bits per heavy atom. The molecule has 0 saturated heterocycles. The number of carbonyl (C=O) groups is 1. The fraction of sp³-hybridized carbons (Fsp3) is 0.381. The van der Waals surface area contributed by atoms with Gasteiger partial charge >= 0.3 is 0 Å². The van der Waals surface area contributed by atoms with Crippen LogP contribution >= 0.6 is 0 Å². The molecule has 0 saturated carbocycles. The molecular formula is C21H28N2O2. The number of carbonyl (C=O) groups excluding carboxylic acids is 1. The summed E-state index contributed by atoms with van der Waals surface area (Å²) in [5.41, 5.74) is 8.53. The topological polar surface area (TPSA) is 55.6 Å². The molecule has 1 amide bonds. The number of hydrogen-bond donors (Lipinski definition) is 1. The van der Waals surface area contributed by atoms with Crippen LogP contribution in [0.4, 0.5) is 0 Å². The third-order valence-electron chi connectivity index (χ3n) is 4.33. The van der Waals surface area contributed by atoms with Crippen molar-refractivity contribution >= 4 is 5.91 Å². The van der Waals surface area contributed by atoms with Crippen LogP contribution in [0.15, 0.2) is 48.5 Å². The van der Waals surface area contributed by atoms with Gasteiger partial charge in [-0.15, -0.1) is 0 Å². The Morgan fingerprint density at radius 3 is 2.44 bits per heavy atom. The minimum Gasteiger partial charge on any atom is -0.488 e. The van der Waals surface area contributed by atoms with Crippen LogP contribution in [-0.2, 0) is 6.61 Å². The SMILES string of the molecule is Cc1ccccc1COc1ccccc1C(=O)N(C)CC(C)(C)CN. The summed E-state index contributed by atoms with van der Waals surface area (Å²) in [6.07, 6.45) is 0. The van der Waals surface area contributed by atoms with E-state index in [2.05, 4.69) is 26.8 Å². The molecule has 2 aromatic carbocycles. The number of ether oxygens (including phenoxy) is 1. The van der Waals surface area contributed by atoms with Crippen molar-refractivity contribution < 1.29 is 9.53 Å². The average molecular weight is 340 g/mol. The van der Waals surface area contributed by atoms with Crippen LogP contribution < -0.4 is 10.5 Å². The first kappa shape index (κ1) is 19.0. The van der Waals surface area contributed by atoms with E-state index in [1.165, 1.54) is 5.56 Å². The summed E-state index contributed by atoms with van der Waals surface area (Å²) >= 11 is 0. The van der Waals surface area contributed by atoms with E-state index in [9.17, 15) is 4.79 Å². The predicted molar refractivity (Wildman–Crippen MR) is 102 cm³/mol. The Labute approximate surface area is 150 Å². The molecule has 0 heterocycles. The Morgan fingerprint density at radius 2 is 1.76 bits per heavy atom. The van der Waals surface area contributed by atoms with Gasteiger partial charge in [-0.05, 0) is 42.1 Å². The number of nitrogens with two attached hydrogens (primary N) is 1. The first-order valence-electron chi connectivity index (χ1n) is 8.56. The average Bonchev–Trinajstić information content (AvgIpc) is 2.60. The summed E-state index contributed by atoms with van der Waals surface area (Å²) in [4.78, 5) is 14.6. The number of para-hydroxylation sites is 1. The second kappa shape index (κ2) is 8.17. The molecule has 4 nitrogen and oxygen atoms in total. The maximum Gasteiger partial charge on any atom is 0.257 e. The smallest absolute Gasteiger partial charge is 0.257 e. The molecule has 0 aliphatic carbocycles. The summed E-state index contributed by atoms with van der Waals surface area (Å²) in [5.74, 6) is 0.551. The fourth-order valence-corrected chi connectivity index (χ4v) is 2.68. The molecule has 4 heteroatoms. The van der Waals surface area contributed by atoms with Crippen molar-refractivity contribution in [2.45, 2.75) is 27.4 Å². The molecule has 0 bridgehead atoms. The lowest BCUT2D eigenvalue weighted by atomic mass is 9.93. The summed E-state index contributed by atoms with van der Waals surface area (Å²) in [6, 6.07) is 15.5. The number of rotatable bonds is 7. The number of nitrogens with zero attached hydrogens (tertiary/aromatic N) is 1. The summed E-state index contributed by atoms with van der Waals surface area (Å²) < 4.78 is 5.96. The molecule has 0 aromatic heterocycles.